The van der Waals surface area contributed by atoms with E-state index in [1.807, 2.05) is 32.0 Å². The Hall–Kier alpha value is -1.57. The summed E-state index contributed by atoms with van der Waals surface area (Å²) in [5, 5.41) is 0. The molecule has 0 saturated carbocycles. The van der Waals surface area contributed by atoms with Crippen LogP contribution in [0.15, 0.2) is 30.5 Å². The number of carbonyl (C=O) groups is 1. The summed E-state index contributed by atoms with van der Waals surface area (Å²) in [6.45, 7) is 14.4. The summed E-state index contributed by atoms with van der Waals surface area (Å²) in [4.78, 5) is 12.6. The molecule has 0 amide bonds. The van der Waals surface area contributed by atoms with Gasteiger partial charge >= 0.3 is 0 Å². The van der Waals surface area contributed by atoms with E-state index < -0.39 is 0 Å². The van der Waals surface area contributed by atoms with Gasteiger partial charge in [-0.05, 0) is 29.0 Å². The van der Waals surface area contributed by atoms with E-state index in [1.165, 1.54) is 0 Å². The summed E-state index contributed by atoms with van der Waals surface area (Å²) in [6.07, 6.45) is 0. The van der Waals surface area contributed by atoms with Crippen LogP contribution in [0.3, 0.4) is 0 Å². The number of allylic oxidation sites excluding steroid dienone is 1. The SMILES string of the molecule is C=C1Oc2ccc(C(C)(C)C)cc2C(=O)C1C(C)C. The molecule has 2 heteroatoms. The van der Waals surface area contributed by atoms with Crippen LogP contribution in [0, 0.1) is 11.8 Å². The van der Waals surface area contributed by atoms with E-state index >= 15 is 0 Å². The lowest BCUT2D eigenvalue weighted by Crippen LogP contribution is -2.30. The first-order chi connectivity index (χ1) is 8.71. The van der Waals surface area contributed by atoms with Crippen LogP contribution in [0.2, 0.25) is 0 Å². The maximum absolute atomic E-state index is 12.6. The van der Waals surface area contributed by atoms with Crippen molar-refractivity contribution in [2.75, 3.05) is 0 Å². The second kappa shape index (κ2) is 4.52. The van der Waals surface area contributed by atoms with E-state index in [2.05, 4.69) is 27.4 Å². The minimum atomic E-state index is -0.234. The Morgan fingerprint density at radius 3 is 2.42 bits per heavy atom. The first kappa shape index (κ1) is 13.9. The standard InChI is InChI=1S/C17H22O2/c1-10(2)15-11(3)19-14-8-7-12(17(4,5)6)9-13(14)16(15)18/h7-10,15H,3H2,1-2,4-6H3. The van der Waals surface area contributed by atoms with E-state index in [-0.39, 0.29) is 23.0 Å². The number of hydrogen-bond donors (Lipinski definition) is 0. The number of hydrogen-bond acceptors (Lipinski definition) is 2. The first-order valence-corrected chi connectivity index (χ1v) is 6.77. The summed E-state index contributed by atoms with van der Waals surface area (Å²) >= 11 is 0. The quantitative estimate of drug-likeness (QED) is 0.748. The number of fused-ring (bicyclic) bond motifs is 1. The third-order valence-corrected chi connectivity index (χ3v) is 3.65. The molecule has 102 valence electrons. The Bertz CT molecular complexity index is 533. The molecule has 1 atom stereocenters. The Kier molecular flexibility index (Phi) is 3.29. The van der Waals surface area contributed by atoms with Gasteiger partial charge in [-0.3, -0.25) is 4.79 Å². The van der Waals surface area contributed by atoms with Crippen LogP contribution in [-0.4, -0.2) is 5.78 Å². The maximum atomic E-state index is 12.6. The molecule has 2 nitrogen and oxygen atoms in total. The average molecular weight is 258 g/mol. The van der Waals surface area contributed by atoms with E-state index in [0.717, 1.165) is 5.56 Å². The molecule has 1 aromatic carbocycles. The van der Waals surface area contributed by atoms with Gasteiger partial charge in [0.1, 0.15) is 11.5 Å². The highest BCUT2D eigenvalue weighted by Crippen LogP contribution is 2.38. The molecule has 1 aliphatic rings. The van der Waals surface area contributed by atoms with Crippen molar-refractivity contribution < 1.29 is 9.53 Å². The van der Waals surface area contributed by atoms with Crippen LogP contribution in [-0.2, 0) is 5.41 Å². The third kappa shape index (κ3) is 2.44. The molecule has 0 radical (unpaired) electrons. The molecule has 2 rings (SSSR count). The fourth-order valence-electron chi connectivity index (χ4n) is 2.47. The smallest absolute Gasteiger partial charge is 0.177 e. The van der Waals surface area contributed by atoms with Crippen LogP contribution in [0.4, 0.5) is 0 Å². The summed E-state index contributed by atoms with van der Waals surface area (Å²) in [5.41, 5.74) is 1.87. The van der Waals surface area contributed by atoms with E-state index in [9.17, 15) is 4.79 Å². The van der Waals surface area contributed by atoms with Crippen molar-refractivity contribution in [3.63, 3.8) is 0 Å². The van der Waals surface area contributed by atoms with Crippen molar-refractivity contribution in [2.45, 2.75) is 40.0 Å². The van der Waals surface area contributed by atoms with Gasteiger partial charge in [0.15, 0.2) is 5.78 Å². The minimum absolute atomic E-state index is 0.0249. The molecule has 19 heavy (non-hydrogen) atoms. The van der Waals surface area contributed by atoms with Crippen molar-refractivity contribution in [3.8, 4) is 5.75 Å². The molecule has 0 N–H and O–H groups in total. The largest absolute Gasteiger partial charge is 0.461 e. The van der Waals surface area contributed by atoms with Crippen LogP contribution >= 0.6 is 0 Å². The molecule has 0 spiro atoms. The zero-order chi connectivity index (χ0) is 14.4. The molecule has 0 saturated heterocycles. The zero-order valence-electron chi connectivity index (χ0n) is 12.4. The number of ether oxygens (including phenoxy) is 1. The Balaban J connectivity index is 2.51. The molecule has 0 bridgehead atoms. The Morgan fingerprint density at radius 2 is 1.89 bits per heavy atom. The summed E-state index contributed by atoms with van der Waals surface area (Å²) in [7, 11) is 0. The second-order valence-corrected chi connectivity index (χ2v) is 6.62. The highest BCUT2D eigenvalue weighted by molar-refractivity contribution is 6.03. The van der Waals surface area contributed by atoms with Crippen molar-refractivity contribution in [1.82, 2.24) is 0 Å². The van der Waals surface area contributed by atoms with Gasteiger partial charge in [0, 0.05) is 0 Å². The molecule has 1 aliphatic heterocycles. The topological polar surface area (TPSA) is 26.3 Å². The highest BCUT2D eigenvalue weighted by Gasteiger charge is 2.35. The second-order valence-electron chi connectivity index (χ2n) is 6.62. The van der Waals surface area contributed by atoms with Crippen LogP contribution in [0.1, 0.15) is 50.5 Å². The van der Waals surface area contributed by atoms with E-state index in [1.54, 1.807) is 0 Å². The number of ketones is 1. The van der Waals surface area contributed by atoms with Crippen molar-refractivity contribution in [1.29, 1.82) is 0 Å². The number of Topliss-reactive ketones (excluding diaryl/α,β-unsaturated/α-hetero) is 1. The molecule has 0 aromatic heterocycles. The fourth-order valence-corrected chi connectivity index (χ4v) is 2.47. The first-order valence-electron chi connectivity index (χ1n) is 6.77. The van der Waals surface area contributed by atoms with Gasteiger partial charge in [-0.2, -0.15) is 0 Å². The summed E-state index contributed by atoms with van der Waals surface area (Å²) < 4.78 is 5.73. The van der Waals surface area contributed by atoms with Crippen molar-refractivity contribution >= 4 is 5.78 Å². The van der Waals surface area contributed by atoms with Gasteiger partial charge in [0.2, 0.25) is 0 Å². The monoisotopic (exact) mass is 258 g/mol. The molecular formula is C17H22O2. The van der Waals surface area contributed by atoms with Gasteiger partial charge in [-0.15, -0.1) is 0 Å². The summed E-state index contributed by atoms with van der Waals surface area (Å²) in [6, 6.07) is 5.88. The van der Waals surface area contributed by atoms with Crippen LogP contribution in [0.25, 0.3) is 0 Å². The van der Waals surface area contributed by atoms with Gasteiger partial charge in [-0.1, -0.05) is 47.3 Å². The predicted molar refractivity (Wildman–Crippen MR) is 77.6 cm³/mol. The Morgan fingerprint density at radius 1 is 1.26 bits per heavy atom. The van der Waals surface area contributed by atoms with Crippen LogP contribution < -0.4 is 4.74 Å². The molecule has 1 heterocycles. The highest BCUT2D eigenvalue weighted by atomic mass is 16.5. The average Bonchev–Trinajstić information content (AvgIpc) is 2.26. The van der Waals surface area contributed by atoms with Gasteiger partial charge < -0.3 is 4.74 Å². The van der Waals surface area contributed by atoms with Crippen molar-refractivity contribution in [2.24, 2.45) is 11.8 Å². The van der Waals surface area contributed by atoms with Gasteiger partial charge in [0.25, 0.3) is 0 Å². The molecule has 0 fully saturated rings. The minimum Gasteiger partial charge on any atom is -0.461 e. The molecule has 1 unspecified atom stereocenters. The van der Waals surface area contributed by atoms with E-state index in [0.29, 0.717) is 17.1 Å². The number of benzene rings is 1. The lowest BCUT2D eigenvalue weighted by molar-refractivity contribution is 0.0855. The number of carbonyl (C=O) groups excluding carboxylic acids is 1. The van der Waals surface area contributed by atoms with Crippen LogP contribution in [0.5, 0.6) is 5.75 Å². The maximum Gasteiger partial charge on any atom is 0.177 e. The van der Waals surface area contributed by atoms with Gasteiger partial charge in [0.05, 0.1) is 11.5 Å². The number of rotatable bonds is 1. The predicted octanol–water partition coefficient (Wildman–Crippen LogP) is 4.35. The lowest BCUT2D eigenvalue weighted by Gasteiger charge is -2.30. The van der Waals surface area contributed by atoms with Gasteiger partial charge in [-0.25, -0.2) is 0 Å². The molecular weight excluding hydrogens is 236 g/mol. The fraction of sp³-hybridized carbons (Fsp3) is 0.471. The lowest BCUT2D eigenvalue weighted by atomic mass is 9.81. The molecule has 1 aromatic rings. The third-order valence-electron chi connectivity index (χ3n) is 3.65. The van der Waals surface area contributed by atoms with Crippen molar-refractivity contribution in [3.05, 3.63) is 41.7 Å². The van der Waals surface area contributed by atoms with E-state index in [4.69, 9.17) is 4.74 Å². The normalized spacial score (nSPS) is 19.4. The Labute approximate surface area is 115 Å². The zero-order valence-corrected chi connectivity index (χ0v) is 12.4. The summed E-state index contributed by atoms with van der Waals surface area (Å²) in [5.74, 6) is 1.30. The molecule has 0 aliphatic carbocycles.